The quantitative estimate of drug-likeness (QED) is 0.581. The van der Waals surface area contributed by atoms with Crippen molar-refractivity contribution in [1.82, 2.24) is 14.8 Å². The van der Waals surface area contributed by atoms with Crippen LogP contribution in [-0.4, -0.2) is 59.3 Å². The summed E-state index contributed by atoms with van der Waals surface area (Å²) >= 11 is 7.40. The van der Waals surface area contributed by atoms with Gasteiger partial charge in [-0.05, 0) is 30.2 Å². The SMILES string of the molecule is CCc1ccccc1NC(=O)CN1CCN(C(=O)c2csc(-c3ccc(Cl)cc3)n2)CC1. The molecule has 1 N–H and O–H groups in total. The molecule has 0 aliphatic carbocycles. The molecule has 32 heavy (non-hydrogen) atoms. The van der Waals surface area contributed by atoms with Gasteiger partial charge in [-0.25, -0.2) is 4.98 Å². The van der Waals surface area contributed by atoms with Crippen LogP contribution < -0.4 is 5.32 Å². The number of benzene rings is 2. The maximum Gasteiger partial charge on any atom is 0.273 e. The van der Waals surface area contributed by atoms with E-state index in [1.807, 2.05) is 53.4 Å². The summed E-state index contributed by atoms with van der Waals surface area (Å²) in [6.07, 6.45) is 0.869. The largest absolute Gasteiger partial charge is 0.335 e. The lowest BCUT2D eigenvalue weighted by molar-refractivity contribution is -0.117. The fourth-order valence-corrected chi connectivity index (χ4v) is 4.64. The number of anilines is 1. The van der Waals surface area contributed by atoms with Gasteiger partial charge in [0.1, 0.15) is 10.7 Å². The number of para-hydroxylation sites is 1. The molecule has 2 amide bonds. The zero-order valence-corrected chi connectivity index (χ0v) is 19.5. The molecule has 0 unspecified atom stereocenters. The second-order valence-electron chi connectivity index (χ2n) is 7.67. The van der Waals surface area contributed by atoms with E-state index in [0.717, 1.165) is 28.2 Å². The highest BCUT2D eigenvalue weighted by Gasteiger charge is 2.25. The molecule has 2 heterocycles. The summed E-state index contributed by atoms with van der Waals surface area (Å²) in [7, 11) is 0. The molecule has 3 aromatic rings. The summed E-state index contributed by atoms with van der Waals surface area (Å²) < 4.78 is 0. The average Bonchev–Trinajstić information content (AvgIpc) is 3.30. The Morgan fingerprint density at radius 2 is 1.78 bits per heavy atom. The summed E-state index contributed by atoms with van der Waals surface area (Å²) in [5.41, 5.74) is 3.40. The zero-order chi connectivity index (χ0) is 22.5. The highest BCUT2D eigenvalue weighted by atomic mass is 35.5. The molecule has 1 aliphatic rings. The smallest absolute Gasteiger partial charge is 0.273 e. The Labute approximate surface area is 196 Å². The minimum Gasteiger partial charge on any atom is -0.335 e. The fraction of sp³-hybridized carbons (Fsp3) is 0.292. The van der Waals surface area contributed by atoms with Crippen LogP contribution in [0, 0.1) is 0 Å². The van der Waals surface area contributed by atoms with Crippen LogP contribution in [0.3, 0.4) is 0 Å². The van der Waals surface area contributed by atoms with Crippen molar-refractivity contribution in [3.63, 3.8) is 0 Å². The molecule has 1 aromatic heterocycles. The van der Waals surface area contributed by atoms with Crippen molar-refractivity contribution in [2.75, 3.05) is 38.0 Å². The minimum absolute atomic E-state index is 0.0298. The van der Waals surface area contributed by atoms with Crippen LogP contribution in [0.25, 0.3) is 10.6 Å². The Hall–Kier alpha value is -2.74. The second kappa shape index (κ2) is 10.3. The molecule has 0 spiro atoms. The number of amides is 2. The Morgan fingerprint density at radius 3 is 2.50 bits per heavy atom. The van der Waals surface area contributed by atoms with Gasteiger partial charge in [0.15, 0.2) is 0 Å². The van der Waals surface area contributed by atoms with Crippen molar-refractivity contribution < 1.29 is 9.59 Å². The molecule has 0 saturated carbocycles. The first-order chi connectivity index (χ1) is 15.5. The van der Waals surface area contributed by atoms with Crippen molar-refractivity contribution in [2.45, 2.75) is 13.3 Å². The average molecular weight is 469 g/mol. The van der Waals surface area contributed by atoms with Crippen LogP contribution in [-0.2, 0) is 11.2 Å². The van der Waals surface area contributed by atoms with Gasteiger partial charge >= 0.3 is 0 Å². The van der Waals surface area contributed by atoms with Gasteiger partial charge in [-0.15, -0.1) is 11.3 Å². The number of thiazole rings is 1. The number of hydrogen-bond donors (Lipinski definition) is 1. The Balaban J connectivity index is 1.29. The maximum atomic E-state index is 12.9. The Kier molecular flexibility index (Phi) is 7.19. The van der Waals surface area contributed by atoms with Gasteiger partial charge in [-0.3, -0.25) is 14.5 Å². The molecule has 0 atom stereocenters. The molecule has 0 radical (unpaired) electrons. The molecular weight excluding hydrogens is 444 g/mol. The van der Waals surface area contributed by atoms with Crippen LogP contribution in [0.15, 0.2) is 53.9 Å². The van der Waals surface area contributed by atoms with Crippen LogP contribution in [0.5, 0.6) is 0 Å². The molecule has 1 fully saturated rings. The highest BCUT2D eigenvalue weighted by Crippen LogP contribution is 2.26. The van der Waals surface area contributed by atoms with Crippen LogP contribution in [0.2, 0.25) is 5.02 Å². The van der Waals surface area contributed by atoms with E-state index in [2.05, 4.69) is 22.1 Å². The number of nitrogens with one attached hydrogen (secondary N) is 1. The van der Waals surface area contributed by atoms with E-state index in [1.54, 1.807) is 5.38 Å². The third-order valence-corrected chi connectivity index (χ3v) is 6.66. The van der Waals surface area contributed by atoms with Gasteiger partial charge in [0.2, 0.25) is 5.91 Å². The third kappa shape index (κ3) is 5.35. The lowest BCUT2D eigenvalue weighted by Gasteiger charge is -2.34. The van der Waals surface area contributed by atoms with E-state index in [-0.39, 0.29) is 11.8 Å². The van der Waals surface area contributed by atoms with Gasteiger partial charge in [0, 0.05) is 47.8 Å². The third-order valence-electron chi connectivity index (χ3n) is 5.51. The topological polar surface area (TPSA) is 65.5 Å². The highest BCUT2D eigenvalue weighted by molar-refractivity contribution is 7.13. The van der Waals surface area contributed by atoms with E-state index in [4.69, 9.17) is 11.6 Å². The first-order valence-electron chi connectivity index (χ1n) is 10.6. The first kappa shape index (κ1) is 22.5. The van der Waals surface area contributed by atoms with Crippen LogP contribution >= 0.6 is 22.9 Å². The van der Waals surface area contributed by atoms with Gasteiger partial charge in [-0.1, -0.05) is 48.9 Å². The van der Waals surface area contributed by atoms with Crippen LogP contribution in [0.4, 0.5) is 5.69 Å². The predicted molar refractivity (Wildman–Crippen MR) is 129 cm³/mol. The first-order valence-corrected chi connectivity index (χ1v) is 11.9. The number of carbonyl (C=O) groups excluding carboxylic acids is 2. The van der Waals surface area contributed by atoms with Crippen LogP contribution in [0.1, 0.15) is 23.0 Å². The maximum absolute atomic E-state index is 12.9. The lowest BCUT2D eigenvalue weighted by atomic mass is 10.1. The van der Waals surface area contributed by atoms with Crippen molar-refractivity contribution in [3.8, 4) is 10.6 Å². The summed E-state index contributed by atoms with van der Waals surface area (Å²) in [5.74, 6) is -0.0970. The van der Waals surface area contributed by atoms with E-state index in [1.165, 1.54) is 11.3 Å². The molecule has 4 rings (SSSR count). The monoisotopic (exact) mass is 468 g/mol. The van der Waals surface area contributed by atoms with E-state index < -0.39 is 0 Å². The molecule has 6 nitrogen and oxygen atoms in total. The summed E-state index contributed by atoms with van der Waals surface area (Å²) in [5, 5.41) is 6.28. The fourth-order valence-electron chi connectivity index (χ4n) is 3.71. The zero-order valence-electron chi connectivity index (χ0n) is 17.9. The van der Waals surface area contributed by atoms with E-state index >= 15 is 0 Å². The number of aryl methyl sites for hydroxylation is 1. The lowest BCUT2D eigenvalue weighted by Crippen LogP contribution is -2.50. The Morgan fingerprint density at radius 1 is 1.06 bits per heavy atom. The number of piperazine rings is 1. The summed E-state index contributed by atoms with van der Waals surface area (Å²) in [6.45, 7) is 4.85. The minimum atomic E-state index is -0.0672. The number of nitrogens with zero attached hydrogens (tertiary/aromatic N) is 3. The standard InChI is InChI=1S/C24H25ClN4O2S/c1-2-17-5-3-4-6-20(17)26-22(30)15-28-11-13-29(14-12-28)24(31)21-16-32-23(27-21)18-7-9-19(25)10-8-18/h3-10,16H,2,11-15H2,1H3,(H,26,30). The number of aromatic nitrogens is 1. The molecule has 2 aromatic carbocycles. The van der Waals surface area contributed by atoms with E-state index in [0.29, 0.717) is 43.4 Å². The number of hydrogen-bond acceptors (Lipinski definition) is 5. The molecule has 166 valence electrons. The number of carbonyl (C=O) groups is 2. The normalized spacial score (nSPS) is 14.4. The van der Waals surface area contributed by atoms with Crippen molar-refractivity contribution >= 4 is 40.4 Å². The molecule has 0 bridgehead atoms. The predicted octanol–water partition coefficient (Wildman–Crippen LogP) is 4.42. The molecule has 1 aliphatic heterocycles. The molecule has 1 saturated heterocycles. The van der Waals surface area contributed by atoms with Gasteiger partial charge in [-0.2, -0.15) is 0 Å². The van der Waals surface area contributed by atoms with Crippen molar-refractivity contribution in [3.05, 3.63) is 70.2 Å². The summed E-state index contributed by atoms with van der Waals surface area (Å²) in [4.78, 5) is 33.8. The second-order valence-corrected chi connectivity index (χ2v) is 8.97. The number of halogens is 1. The van der Waals surface area contributed by atoms with Gasteiger partial charge in [0.05, 0.1) is 6.54 Å². The van der Waals surface area contributed by atoms with Crippen molar-refractivity contribution in [2.24, 2.45) is 0 Å². The van der Waals surface area contributed by atoms with E-state index in [9.17, 15) is 9.59 Å². The summed E-state index contributed by atoms with van der Waals surface area (Å²) in [6, 6.07) is 15.3. The Bertz CT molecular complexity index is 1090. The molecule has 8 heteroatoms. The van der Waals surface area contributed by atoms with Crippen molar-refractivity contribution in [1.29, 1.82) is 0 Å². The molecular formula is C24H25ClN4O2S. The number of rotatable bonds is 6. The van der Waals surface area contributed by atoms with Gasteiger partial charge < -0.3 is 10.2 Å². The van der Waals surface area contributed by atoms with Gasteiger partial charge in [0.25, 0.3) is 5.91 Å².